The maximum absolute atomic E-state index is 13.0. The summed E-state index contributed by atoms with van der Waals surface area (Å²) >= 11 is 4.63. The van der Waals surface area contributed by atoms with Crippen molar-refractivity contribution in [3.05, 3.63) is 52.1 Å². The summed E-state index contributed by atoms with van der Waals surface area (Å²) in [4.78, 5) is 4.85. The lowest BCUT2D eigenvalue weighted by Gasteiger charge is -2.05. The molecular formula is C12H8BrF2NS. The number of benzene rings is 1. The van der Waals surface area contributed by atoms with E-state index < -0.39 is 11.6 Å². The summed E-state index contributed by atoms with van der Waals surface area (Å²) in [6.45, 7) is 1.92. The van der Waals surface area contributed by atoms with Gasteiger partial charge >= 0.3 is 0 Å². The van der Waals surface area contributed by atoms with Gasteiger partial charge in [0.2, 0.25) is 0 Å². The SMILES string of the molecule is Cc1cc(Br)cnc1Sc1ccc(F)c(F)c1. The predicted octanol–water partition coefficient (Wildman–Crippen LogP) is 4.58. The summed E-state index contributed by atoms with van der Waals surface area (Å²) in [5.74, 6) is -1.68. The highest BCUT2D eigenvalue weighted by Crippen LogP contribution is 2.30. The van der Waals surface area contributed by atoms with Crippen LogP contribution in [0.25, 0.3) is 0 Å². The Morgan fingerprint density at radius 2 is 1.94 bits per heavy atom. The van der Waals surface area contributed by atoms with E-state index in [1.807, 2.05) is 13.0 Å². The van der Waals surface area contributed by atoms with Crippen LogP contribution in [0.3, 0.4) is 0 Å². The average Bonchev–Trinajstić information content (AvgIpc) is 2.27. The molecule has 0 fully saturated rings. The van der Waals surface area contributed by atoms with Crippen molar-refractivity contribution in [2.24, 2.45) is 0 Å². The summed E-state index contributed by atoms with van der Waals surface area (Å²) in [6, 6.07) is 5.75. The molecule has 0 N–H and O–H groups in total. The zero-order chi connectivity index (χ0) is 12.4. The van der Waals surface area contributed by atoms with Crippen LogP contribution in [0.15, 0.2) is 44.9 Å². The maximum Gasteiger partial charge on any atom is 0.159 e. The molecule has 0 aliphatic carbocycles. The smallest absolute Gasteiger partial charge is 0.159 e. The van der Waals surface area contributed by atoms with E-state index in [1.54, 1.807) is 6.20 Å². The molecule has 2 aromatic rings. The molecule has 0 amide bonds. The molecule has 1 nitrogen and oxygen atoms in total. The maximum atomic E-state index is 13.0. The van der Waals surface area contributed by atoms with E-state index in [1.165, 1.54) is 23.9 Å². The molecule has 0 radical (unpaired) electrons. The number of nitrogens with zero attached hydrogens (tertiary/aromatic N) is 1. The highest BCUT2D eigenvalue weighted by Gasteiger charge is 2.07. The van der Waals surface area contributed by atoms with Gasteiger partial charge in [0.05, 0.1) is 0 Å². The van der Waals surface area contributed by atoms with Crippen molar-refractivity contribution in [3.63, 3.8) is 0 Å². The number of halogens is 3. The van der Waals surface area contributed by atoms with Gasteiger partial charge in [-0.1, -0.05) is 11.8 Å². The first kappa shape index (κ1) is 12.5. The lowest BCUT2D eigenvalue weighted by molar-refractivity contribution is 0.506. The van der Waals surface area contributed by atoms with E-state index in [0.29, 0.717) is 4.90 Å². The summed E-state index contributed by atoms with van der Waals surface area (Å²) in [6.07, 6.45) is 1.68. The van der Waals surface area contributed by atoms with Crippen molar-refractivity contribution in [1.82, 2.24) is 4.98 Å². The minimum absolute atomic E-state index is 0.627. The molecule has 1 aromatic heterocycles. The fraction of sp³-hybridized carbons (Fsp3) is 0.0833. The van der Waals surface area contributed by atoms with Crippen molar-refractivity contribution in [2.45, 2.75) is 16.8 Å². The Morgan fingerprint density at radius 1 is 1.18 bits per heavy atom. The molecule has 0 aliphatic rings. The summed E-state index contributed by atoms with van der Waals surface area (Å²) in [7, 11) is 0. The molecule has 2 rings (SSSR count). The second-order valence-electron chi connectivity index (χ2n) is 3.45. The molecule has 0 saturated carbocycles. The second-order valence-corrected chi connectivity index (χ2v) is 5.43. The number of hydrogen-bond acceptors (Lipinski definition) is 2. The van der Waals surface area contributed by atoms with Gasteiger partial charge in [0.1, 0.15) is 5.03 Å². The lowest BCUT2D eigenvalue weighted by atomic mass is 10.3. The van der Waals surface area contributed by atoms with Gasteiger partial charge in [-0.2, -0.15) is 0 Å². The van der Waals surface area contributed by atoms with Crippen molar-refractivity contribution >= 4 is 27.7 Å². The highest BCUT2D eigenvalue weighted by molar-refractivity contribution is 9.10. The Morgan fingerprint density at radius 3 is 2.59 bits per heavy atom. The summed E-state index contributed by atoms with van der Waals surface area (Å²) in [5, 5.41) is 0.777. The predicted molar refractivity (Wildman–Crippen MR) is 67.2 cm³/mol. The van der Waals surface area contributed by atoms with Gasteiger partial charge in [0, 0.05) is 15.6 Å². The quantitative estimate of drug-likeness (QED) is 0.804. The topological polar surface area (TPSA) is 12.9 Å². The Hall–Kier alpha value is -0.940. The number of aromatic nitrogens is 1. The first-order valence-corrected chi connectivity index (χ1v) is 6.42. The third-order valence-electron chi connectivity index (χ3n) is 2.10. The van der Waals surface area contributed by atoms with Gasteiger partial charge in [-0.05, 0) is 52.7 Å². The lowest BCUT2D eigenvalue weighted by Crippen LogP contribution is -1.87. The van der Waals surface area contributed by atoms with Crippen LogP contribution < -0.4 is 0 Å². The highest BCUT2D eigenvalue weighted by atomic mass is 79.9. The van der Waals surface area contributed by atoms with E-state index in [0.717, 1.165) is 21.1 Å². The number of aryl methyl sites for hydroxylation is 1. The van der Waals surface area contributed by atoms with Crippen molar-refractivity contribution < 1.29 is 8.78 Å². The zero-order valence-electron chi connectivity index (χ0n) is 8.88. The van der Waals surface area contributed by atoms with Gasteiger partial charge in [-0.15, -0.1) is 0 Å². The molecular weight excluding hydrogens is 308 g/mol. The summed E-state index contributed by atoms with van der Waals surface area (Å²) < 4.78 is 26.7. The Balaban J connectivity index is 2.28. The molecule has 1 aromatic carbocycles. The van der Waals surface area contributed by atoms with E-state index in [9.17, 15) is 8.78 Å². The summed E-state index contributed by atoms with van der Waals surface area (Å²) in [5.41, 5.74) is 0.981. The number of rotatable bonds is 2. The standard InChI is InChI=1S/C12H8BrF2NS/c1-7-4-8(13)6-16-12(7)17-9-2-3-10(14)11(15)5-9/h2-6H,1H3. The molecule has 0 aliphatic heterocycles. The Bertz CT molecular complexity index is 560. The van der Waals surface area contributed by atoms with Gasteiger partial charge < -0.3 is 0 Å². The fourth-order valence-corrected chi connectivity index (χ4v) is 2.58. The van der Waals surface area contributed by atoms with Crippen LogP contribution in [0.2, 0.25) is 0 Å². The number of pyridine rings is 1. The molecule has 0 saturated heterocycles. The van der Waals surface area contributed by atoms with Crippen LogP contribution in [0.4, 0.5) is 8.78 Å². The molecule has 5 heteroatoms. The molecule has 0 atom stereocenters. The average molecular weight is 316 g/mol. The Kier molecular flexibility index (Phi) is 3.79. The van der Waals surface area contributed by atoms with Crippen LogP contribution in [0.1, 0.15) is 5.56 Å². The van der Waals surface area contributed by atoms with Crippen LogP contribution in [-0.2, 0) is 0 Å². The molecule has 0 unspecified atom stereocenters. The third-order valence-corrected chi connectivity index (χ3v) is 3.65. The van der Waals surface area contributed by atoms with Gasteiger partial charge in [0.25, 0.3) is 0 Å². The van der Waals surface area contributed by atoms with Crippen molar-refractivity contribution in [1.29, 1.82) is 0 Å². The van der Waals surface area contributed by atoms with Gasteiger partial charge in [-0.25, -0.2) is 13.8 Å². The molecule has 0 bridgehead atoms. The molecule has 1 heterocycles. The van der Waals surface area contributed by atoms with E-state index in [-0.39, 0.29) is 0 Å². The van der Waals surface area contributed by atoms with E-state index in [4.69, 9.17) is 0 Å². The van der Waals surface area contributed by atoms with Crippen LogP contribution in [0, 0.1) is 18.6 Å². The first-order chi connectivity index (χ1) is 8.06. The minimum Gasteiger partial charge on any atom is -0.248 e. The molecule has 0 spiro atoms. The van der Waals surface area contributed by atoms with Crippen LogP contribution in [0.5, 0.6) is 0 Å². The first-order valence-electron chi connectivity index (χ1n) is 4.81. The fourth-order valence-electron chi connectivity index (χ4n) is 1.29. The van der Waals surface area contributed by atoms with E-state index in [2.05, 4.69) is 20.9 Å². The monoisotopic (exact) mass is 315 g/mol. The van der Waals surface area contributed by atoms with Crippen LogP contribution >= 0.6 is 27.7 Å². The number of hydrogen-bond donors (Lipinski definition) is 0. The Labute approximate surface area is 110 Å². The zero-order valence-corrected chi connectivity index (χ0v) is 11.3. The van der Waals surface area contributed by atoms with Crippen LogP contribution in [-0.4, -0.2) is 4.98 Å². The van der Waals surface area contributed by atoms with Gasteiger partial charge in [-0.3, -0.25) is 0 Å². The largest absolute Gasteiger partial charge is 0.248 e. The van der Waals surface area contributed by atoms with Gasteiger partial charge in [0.15, 0.2) is 11.6 Å². The van der Waals surface area contributed by atoms with E-state index >= 15 is 0 Å². The second kappa shape index (κ2) is 5.14. The van der Waals surface area contributed by atoms with Crippen molar-refractivity contribution in [3.8, 4) is 0 Å². The minimum atomic E-state index is -0.843. The molecule has 88 valence electrons. The third kappa shape index (κ3) is 3.04. The van der Waals surface area contributed by atoms with Crippen molar-refractivity contribution in [2.75, 3.05) is 0 Å². The molecule has 17 heavy (non-hydrogen) atoms. The normalized spacial score (nSPS) is 10.6.